The van der Waals surface area contributed by atoms with Gasteiger partial charge in [0.05, 0.1) is 11.2 Å². The maximum Gasteiger partial charge on any atom is 0.270 e. The Balaban J connectivity index is 2.15. The van der Waals surface area contributed by atoms with Crippen molar-refractivity contribution in [3.05, 3.63) is 40.0 Å². The van der Waals surface area contributed by atoms with Gasteiger partial charge in [0.2, 0.25) is 5.52 Å². The molecule has 2 aromatic rings. The van der Waals surface area contributed by atoms with Crippen LogP contribution in [-0.4, -0.2) is 46.4 Å². The lowest BCUT2D eigenvalue weighted by atomic mass is 10.1. The molecule has 2 atom stereocenters. The zero-order valence-electron chi connectivity index (χ0n) is 13.9. The van der Waals surface area contributed by atoms with Gasteiger partial charge in [0, 0.05) is 44.9 Å². The van der Waals surface area contributed by atoms with Crippen molar-refractivity contribution in [3.63, 3.8) is 0 Å². The van der Waals surface area contributed by atoms with Crippen LogP contribution in [-0.2, 0) is 7.05 Å². The van der Waals surface area contributed by atoms with Crippen molar-refractivity contribution in [2.45, 2.75) is 25.4 Å². The molecule has 3 heterocycles. The van der Waals surface area contributed by atoms with E-state index in [1.165, 1.54) is 0 Å². The second kappa shape index (κ2) is 6.59. The lowest BCUT2D eigenvalue weighted by Gasteiger charge is -2.40. The second-order valence-electron chi connectivity index (χ2n) is 6.19. The molecular formula is C17H21N5O2. The van der Waals surface area contributed by atoms with Crippen LogP contribution in [0.5, 0.6) is 0 Å². The van der Waals surface area contributed by atoms with Gasteiger partial charge in [-0.2, -0.15) is 0 Å². The van der Waals surface area contributed by atoms with E-state index in [-0.39, 0.29) is 24.2 Å². The number of piperazine rings is 1. The molecule has 0 amide bonds. The Morgan fingerprint density at radius 3 is 3.00 bits per heavy atom. The van der Waals surface area contributed by atoms with Crippen molar-refractivity contribution in [3.8, 4) is 0 Å². The van der Waals surface area contributed by atoms with Gasteiger partial charge in [-0.1, -0.05) is 6.57 Å². The third kappa shape index (κ3) is 2.86. The fourth-order valence-corrected chi connectivity index (χ4v) is 3.20. The third-order valence-electron chi connectivity index (χ3n) is 4.61. The minimum absolute atomic E-state index is 0.0979. The first kappa shape index (κ1) is 16.4. The molecule has 1 saturated heterocycles. The molecule has 0 unspecified atom stereocenters. The lowest BCUT2D eigenvalue weighted by Crippen LogP contribution is -2.56. The average molecular weight is 327 g/mol. The third-order valence-corrected chi connectivity index (χ3v) is 4.61. The number of fused-ring (bicyclic) bond motifs is 1. The molecule has 2 N–H and O–H groups in total. The first-order valence-corrected chi connectivity index (χ1v) is 8.04. The van der Waals surface area contributed by atoms with Crippen LogP contribution in [0.2, 0.25) is 0 Å². The molecule has 0 spiro atoms. The molecule has 24 heavy (non-hydrogen) atoms. The van der Waals surface area contributed by atoms with Gasteiger partial charge in [-0.25, -0.2) is 0 Å². The molecule has 1 aliphatic rings. The Hall–Kier alpha value is -2.43. The Kier molecular flexibility index (Phi) is 4.51. The highest BCUT2D eigenvalue weighted by atomic mass is 16.3. The van der Waals surface area contributed by atoms with Crippen molar-refractivity contribution in [1.82, 2.24) is 14.9 Å². The summed E-state index contributed by atoms with van der Waals surface area (Å²) >= 11 is 0. The number of rotatable bonds is 3. The number of nitrogens with one attached hydrogen (secondary N) is 1. The number of hydrogen-bond donors (Lipinski definition) is 2. The fraction of sp³-hybridized carbons (Fsp3) is 0.471. The van der Waals surface area contributed by atoms with E-state index in [0.717, 1.165) is 12.2 Å². The van der Waals surface area contributed by atoms with Crippen LogP contribution >= 0.6 is 0 Å². The van der Waals surface area contributed by atoms with Crippen LogP contribution in [0.25, 0.3) is 15.9 Å². The van der Waals surface area contributed by atoms with E-state index in [0.29, 0.717) is 29.8 Å². The molecule has 0 saturated carbocycles. The van der Waals surface area contributed by atoms with Crippen molar-refractivity contribution in [1.29, 1.82) is 0 Å². The minimum Gasteiger partial charge on any atom is -0.396 e. The molecule has 3 rings (SSSR count). The van der Waals surface area contributed by atoms with Gasteiger partial charge in [0.25, 0.3) is 11.4 Å². The number of nitrogens with zero attached hydrogens (tertiary/aromatic N) is 4. The lowest BCUT2D eigenvalue weighted by molar-refractivity contribution is 0.255. The number of aryl methyl sites for hydroxylation is 1. The highest BCUT2D eigenvalue weighted by molar-refractivity contribution is 5.89. The van der Waals surface area contributed by atoms with Crippen LogP contribution < -0.4 is 15.8 Å². The van der Waals surface area contributed by atoms with Gasteiger partial charge in [0.15, 0.2) is 0 Å². The van der Waals surface area contributed by atoms with Gasteiger partial charge < -0.3 is 24.7 Å². The van der Waals surface area contributed by atoms with Crippen LogP contribution in [0.3, 0.4) is 0 Å². The summed E-state index contributed by atoms with van der Waals surface area (Å²) in [6.07, 6.45) is 0.659. The summed E-state index contributed by atoms with van der Waals surface area (Å²) in [4.78, 5) is 22.4. The summed E-state index contributed by atoms with van der Waals surface area (Å²) in [5, 5.41) is 12.6. The molecule has 1 aliphatic heterocycles. The van der Waals surface area contributed by atoms with E-state index in [4.69, 9.17) is 6.57 Å². The van der Waals surface area contributed by atoms with E-state index in [9.17, 15) is 9.90 Å². The monoisotopic (exact) mass is 327 g/mol. The number of aliphatic hydroxyl groups is 1. The van der Waals surface area contributed by atoms with Crippen LogP contribution in [0.15, 0.2) is 23.0 Å². The Bertz CT molecular complexity index is 854. The Morgan fingerprint density at radius 1 is 1.50 bits per heavy atom. The van der Waals surface area contributed by atoms with Crippen LogP contribution in [0.4, 0.5) is 11.5 Å². The maximum absolute atomic E-state index is 12.4. The standard InChI is InChI=1S/C17H21N5O2/c1-11-9-19-12(6-7-23)10-22(11)14-8-16(24)21(3)13-4-5-15(18-2)20-17(13)14/h4-5,8,11-12,19,23H,6-7,9-10H2,1,3H3/t11-,12+/m0/s1. The van der Waals surface area contributed by atoms with Crippen molar-refractivity contribution >= 4 is 22.5 Å². The molecule has 7 nitrogen and oxygen atoms in total. The number of anilines is 1. The maximum atomic E-state index is 12.4. The van der Waals surface area contributed by atoms with Crippen LogP contribution in [0.1, 0.15) is 13.3 Å². The zero-order chi connectivity index (χ0) is 17.3. The molecular weight excluding hydrogens is 306 g/mol. The minimum atomic E-state index is -0.0979. The predicted molar refractivity (Wildman–Crippen MR) is 93.5 cm³/mol. The topological polar surface area (TPSA) is 74.8 Å². The van der Waals surface area contributed by atoms with E-state index < -0.39 is 0 Å². The summed E-state index contributed by atoms with van der Waals surface area (Å²) in [5.74, 6) is 0.317. The first-order valence-electron chi connectivity index (χ1n) is 8.04. The highest BCUT2D eigenvalue weighted by Gasteiger charge is 2.28. The van der Waals surface area contributed by atoms with E-state index >= 15 is 0 Å². The second-order valence-corrected chi connectivity index (χ2v) is 6.19. The number of aliphatic hydroxyl groups excluding tert-OH is 1. The van der Waals surface area contributed by atoms with Gasteiger partial charge in [0.1, 0.15) is 0 Å². The molecule has 7 heteroatoms. The number of pyridine rings is 2. The summed E-state index contributed by atoms with van der Waals surface area (Å²) in [6, 6.07) is 5.36. The molecule has 1 fully saturated rings. The molecule has 0 aromatic carbocycles. The predicted octanol–water partition coefficient (Wildman–Crippen LogP) is 1.03. The average Bonchev–Trinajstić information content (AvgIpc) is 2.59. The molecule has 126 valence electrons. The first-order chi connectivity index (χ1) is 11.5. The number of hydrogen-bond acceptors (Lipinski definition) is 5. The summed E-state index contributed by atoms with van der Waals surface area (Å²) in [6.45, 7) is 10.9. The fourth-order valence-electron chi connectivity index (χ4n) is 3.20. The Labute approximate surface area is 140 Å². The SMILES string of the molecule is [C-]#[N+]c1ccc2c(n1)c(N1C[C@@H](CCO)NC[C@@H]1C)cc(=O)n2C. The summed E-state index contributed by atoms with van der Waals surface area (Å²) < 4.78 is 1.55. The molecule has 0 radical (unpaired) electrons. The van der Waals surface area contributed by atoms with Gasteiger partial charge in [-0.15, -0.1) is 4.98 Å². The van der Waals surface area contributed by atoms with Crippen molar-refractivity contribution < 1.29 is 5.11 Å². The van der Waals surface area contributed by atoms with E-state index in [1.54, 1.807) is 29.8 Å². The normalized spacial score (nSPS) is 21.0. The summed E-state index contributed by atoms with van der Waals surface area (Å²) in [7, 11) is 1.71. The summed E-state index contributed by atoms with van der Waals surface area (Å²) in [5.41, 5.74) is 2.05. The number of aromatic nitrogens is 2. The van der Waals surface area contributed by atoms with Crippen molar-refractivity contribution in [2.75, 3.05) is 24.6 Å². The van der Waals surface area contributed by atoms with E-state index in [1.807, 2.05) is 0 Å². The van der Waals surface area contributed by atoms with Gasteiger partial charge in [-0.3, -0.25) is 4.79 Å². The molecule has 2 aromatic heterocycles. The van der Waals surface area contributed by atoms with E-state index in [2.05, 4.69) is 27.0 Å². The van der Waals surface area contributed by atoms with Gasteiger partial charge >= 0.3 is 0 Å². The molecule has 0 aliphatic carbocycles. The van der Waals surface area contributed by atoms with Crippen LogP contribution in [0, 0.1) is 6.57 Å². The Morgan fingerprint density at radius 2 is 2.29 bits per heavy atom. The quantitative estimate of drug-likeness (QED) is 0.824. The van der Waals surface area contributed by atoms with Crippen molar-refractivity contribution in [2.24, 2.45) is 7.05 Å². The zero-order valence-corrected chi connectivity index (χ0v) is 13.9. The van der Waals surface area contributed by atoms with Gasteiger partial charge in [-0.05, 0) is 25.5 Å². The smallest absolute Gasteiger partial charge is 0.270 e. The molecule has 0 bridgehead atoms. The highest BCUT2D eigenvalue weighted by Crippen LogP contribution is 2.28. The largest absolute Gasteiger partial charge is 0.396 e.